The van der Waals surface area contributed by atoms with Crippen molar-refractivity contribution in [3.63, 3.8) is 0 Å². The molecule has 21 heavy (non-hydrogen) atoms. The minimum atomic E-state index is 0.0965. The van der Waals surface area contributed by atoms with Crippen LogP contribution in [-0.2, 0) is 19.4 Å². The van der Waals surface area contributed by atoms with Crippen LogP contribution in [-0.4, -0.2) is 23.2 Å². The Morgan fingerprint density at radius 3 is 2.29 bits per heavy atom. The summed E-state index contributed by atoms with van der Waals surface area (Å²) in [6, 6.07) is 8.72. The second-order valence-corrected chi connectivity index (χ2v) is 6.94. The molecule has 1 aromatic heterocycles. The Morgan fingerprint density at radius 2 is 1.81 bits per heavy atom. The second kappa shape index (κ2) is 6.16. The Balaban J connectivity index is 1.83. The van der Waals surface area contributed by atoms with Crippen LogP contribution in [0, 0.1) is 0 Å². The van der Waals surface area contributed by atoms with Crippen molar-refractivity contribution in [3.8, 4) is 0 Å². The smallest absolute Gasteiger partial charge is 0.185 e. The number of hydrogen-bond acceptors (Lipinski definition) is 4. The maximum absolute atomic E-state index is 9.53. The van der Waals surface area contributed by atoms with Crippen LogP contribution < -0.4 is 4.90 Å². The lowest BCUT2D eigenvalue weighted by Crippen LogP contribution is -2.25. The van der Waals surface area contributed by atoms with Gasteiger partial charge in [0.1, 0.15) is 0 Å². The summed E-state index contributed by atoms with van der Waals surface area (Å²) in [5.41, 5.74) is 3.98. The highest BCUT2D eigenvalue weighted by atomic mass is 32.1. The molecule has 0 radical (unpaired) electrons. The lowest BCUT2D eigenvalue weighted by Gasteiger charge is -2.18. The molecule has 2 heterocycles. The van der Waals surface area contributed by atoms with E-state index in [1.165, 1.54) is 11.1 Å². The minimum Gasteiger partial charge on any atom is -0.391 e. The fourth-order valence-electron chi connectivity index (χ4n) is 2.91. The molecule has 0 amide bonds. The van der Waals surface area contributed by atoms with Crippen molar-refractivity contribution >= 4 is 16.5 Å². The van der Waals surface area contributed by atoms with Gasteiger partial charge < -0.3 is 10.0 Å². The van der Waals surface area contributed by atoms with Gasteiger partial charge in [0, 0.05) is 13.1 Å². The molecule has 0 atom stereocenters. The van der Waals surface area contributed by atoms with Crippen LogP contribution in [0.5, 0.6) is 0 Å². The van der Waals surface area contributed by atoms with Gasteiger partial charge in [-0.1, -0.05) is 49.4 Å². The zero-order valence-electron chi connectivity index (χ0n) is 12.7. The molecule has 1 aliphatic heterocycles. The van der Waals surface area contributed by atoms with Gasteiger partial charge in [-0.15, -0.1) is 0 Å². The molecule has 1 aromatic carbocycles. The molecular formula is C17H22N2OS. The van der Waals surface area contributed by atoms with Crippen LogP contribution in [0.25, 0.3) is 0 Å². The van der Waals surface area contributed by atoms with E-state index in [2.05, 4.69) is 43.0 Å². The van der Waals surface area contributed by atoms with Gasteiger partial charge in [-0.25, -0.2) is 4.98 Å². The summed E-state index contributed by atoms with van der Waals surface area (Å²) >= 11 is 1.65. The molecule has 0 saturated carbocycles. The number of fused-ring (bicyclic) bond motifs is 1. The molecule has 0 aliphatic carbocycles. The Bertz CT molecular complexity index is 594. The van der Waals surface area contributed by atoms with Gasteiger partial charge in [-0.05, 0) is 29.9 Å². The average molecular weight is 302 g/mol. The van der Waals surface area contributed by atoms with Gasteiger partial charge in [0.25, 0.3) is 0 Å². The summed E-state index contributed by atoms with van der Waals surface area (Å²) in [6.07, 6.45) is 2.14. The molecule has 4 heteroatoms. The highest BCUT2D eigenvalue weighted by Gasteiger charge is 2.20. The number of anilines is 1. The molecule has 0 saturated heterocycles. The fourth-order valence-corrected chi connectivity index (χ4v) is 4.04. The lowest BCUT2D eigenvalue weighted by molar-refractivity contribution is 0.283. The van der Waals surface area contributed by atoms with Gasteiger partial charge in [0.2, 0.25) is 0 Å². The number of aliphatic hydroxyl groups is 1. The van der Waals surface area contributed by atoms with Gasteiger partial charge in [-0.3, -0.25) is 0 Å². The number of benzene rings is 1. The van der Waals surface area contributed by atoms with Gasteiger partial charge in [-0.2, -0.15) is 0 Å². The van der Waals surface area contributed by atoms with Gasteiger partial charge in [0.05, 0.1) is 17.2 Å². The van der Waals surface area contributed by atoms with E-state index in [-0.39, 0.29) is 6.61 Å². The number of rotatable bonds is 3. The first-order chi connectivity index (χ1) is 10.2. The first-order valence-electron chi connectivity index (χ1n) is 7.61. The van der Waals surface area contributed by atoms with Gasteiger partial charge in [0.15, 0.2) is 5.13 Å². The van der Waals surface area contributed by atoms with Crippen LogP contribution in [0.2, 0.25) is 0 Å². The predicted octanol–water partition coefficient (Wildman–Crippen LogP) is 3.36. The van der Waals surface area contributed by atoms with E-state index in [1.807, 2.05) is 0 Å². The maximum Gasteiger partial charge on any atom is 0.185 e. The number of aromatic nitrogens is 1. The summed E-state index contributed by atoms with van der Waals surface area (Å²) in [5.74, 6) is 0.362. The summed E-state index contributed by atoms with van der Waals surface area (Å²) in [5, 5.41) is 10.6. The predicted molar refractivity (Wildman–Crippen MR) is 88.2 cm³/mol. The van der Waals surface area contributed by atoms with Crippen molar-refractivity contribution in [3.05, 3.63) is 46.0 Å². The topological polar surface area (TPSA) is 36.4 Å². The SMILES string of the molecule is CC(C)c1nc(N2CCc3ccccc3CC2)sc1CO. The molecule has 3 nitrogen and oxygen atoms in total. The van der Waals surface area contributed by atoms with Crippen molar-refractivity contribution in [1.29, 1.82) is 0 Å². The second-order valence-electron chi connectivity index (χ2n) is 5.87. The molecule has 0 unspecified atom stereocenters. The number of hydrogen-bond donors (Lipinski definition) is 1. The zero-order valence-corrected chi connectivity index (χ0v) is 13.5. The van der Waals surface area contributed by atoms with Gasteiger partial charge >= 0.3 is 0 Å². The third-order valence-corrected chi connectivity index (χ3v) is 5.21. The number of aliphatic hydroxyl groups excluding tert-OH is 1. The third-order valence-electron chi connectivity index (χ3n) is 4.10. The normalized spacial score (nSPS) is 15.1. The third kappa shape index (κ3) is 2.97. The zero-order chi connectivity index (χ0) is 14.8. The van der Waals surface area contributed by atoms with Crippen LogP contribution in [0.15, 0.2) is 24.3 Å². The first kappa shape index (κ1) is 14.5. The summed E-state index contributed by atoms with van der Waals surface area (Å²) < 4.78 is 0. The van der Waals surface area contributed by atoms with Crippen molar-refractivity contribution in [2.75, 3.05) is 18.0 Å². The van der Waals surface area contributed by atoms with Crippen LogP contribution >= 0.6 is 11.3 Å². The van der Waals surface area contributed by atoms with E-state index < -0.39 is 0 Å². The standard InChI is InChI=1S/C17H22N2OS/c1-12(2)16-15(11-20)21-17(18-16)19-9-7-13-5-3-4-6-14(13)8-10-19/h3-6,12,20H,7-11H2,1-2H3. The maximum atomic E-state index is 9.53. The highest BCUT2D eigenvalue weighted by molar-refractivity contribution is 7.15. The van der Waals surface area contributed by atoms with E-state index in [1.54, 1.807) is 11.3 Å². The first-order valence-corrected chi connectivity index (χ1v) is 8.43. The summed E-state index contributed by atoms with van der Waals surface area (Å²) in [6.45, 7) is 6.38. The van der Waals surface area contributed by atoms with E-state index in [0.717, 1.165) is 41.6 Å². The highest BCUT2D eigenvalue weighted by Crippen LogP contribution is 2.32. The summed E-state index contributed by atoms with van der Waals surface area (Å²) in [7, 11) is 0. The van der Waals surface area contributed by atoms with E-state index in [4.69, 9.17) is 4.98 Å². The quantitative estimate of drug-likeness (QED) is 0.944. The molecular weight excluding hydrogens is 280 g/mol. The van der Waals surface area contributed by atoms with Crippen LogP contribution in [0.3, 0.4) is 0 Å². The monoisotopic (exact) mass is 302 g/mol. The minimum absolute atomic E-state index is 0.0965. The Hall–Kier alpha value is -1.39. The van der Waals surface area contributed by atoms with Crippen molar-refractivity contribution in [2.45, 2.75) is 39.2 Å². The van der Waals surface area contributed by atoms with Crippen molar-refractivity contribution in [1.82, 2.24) is 4.98 Å². The van der Waals surface area contributed by atoms with Crippen molar-refractivity contribution < 1.29 is 5.11 Å². The molecule has 0 fully saturated rings. The largest absolute Gasteiger partial charge is 0.391 e. The van der Waals surface area contributed by atoms with E-state index in [0.29, 0.717) is 5.92 Å². The molecule has 112 valence electrons. The van der Waals surface area contributed by atoms with E-state index >= 15 is 0 Å². The molecule has 1 aliphatic rings. The Kier molecular flexibility index (Phi) is 4.27. The summed E-state index contributed by atoms with van der Waals surface area (Å²) in [4.78, 5) is 8.18. The fraction of sp³-hybridized carbons (Fsp3) is 0.471. The molecule has 3 rings (SSSR count). The number of nitrogens with zero attached hydrogens (tertiary/aromatic N) is 2. The molecule has 1 N–H and O–H groups in total. The molecule has 2 aromatic rings. The number of thiazole rings is 1. The van der Waals surface area contributed by atoms with Crippen molar-refractivity contribution in [2.24, 2.45) is 0 Å². The average Bonchev–Trinajstić information content (AvgIpc) is 2.81. The molecule has 0 spiro atoms. The Morgan fingerprint density at radius 1 is 1.19 bits per heavy atom. The van der Waals surface area contributed by atoms with E-state index in [9.17, 15) is 5.11 Å². The lowest BCUT2D eigenvalue weighted by atomic mass is 10.0. The molecule has 0 bridgehead atoms. The Labute approximate surface area is 130 Å². The van der Waals surface area contributed by atoms with Crippen LogP contribution in [0.1, 0.15) is 41.5 Å². The van der Waals surface area contributed by atoms with Crippen LogP contribution in [0.4, 0.5) is 5.13 Å².